The fourth-order valence-corrected chi connectivity index (χ4v) is 9.34. The Morgan fingerprint density at radius 2 is 1.40 bits per heavy atom. The summed E-state index contributed by atoms with van der Waals surface area (Å²) in [4.78, 5) is 19.1. The van der Waals surface area contributed by atoms with Crippen molar-refractivity contribution in [1.29, 1.82) is 0 Å². The first-order chi connectivity index (χ1) is 35.7. The van der Waals surface area contributed by atoms with E-state index in [0.29, 0.717) is 56.1 Å². The molecule has 12 aromatic rings. The number of para-hydroxylation sites is 1. The van der Waals surface area contributed by atoms with Gasteiger partial charge in [-0.25, -0.2) is 4.98 Å². The first-order valence-electron chi connectivity index (χ1n) is 26.3. The molecule has 0 unspecified atom stereocenters. The average Bonchev–Trinajstić information content (AvgIpc) is 4.08. The van der Waals surface area contributed by atoms with Gasteiger partial charge in [0.05, 0.1) is 33.7 Å². The summed E-state index contributed by atoms with van der Waals surface area (Å²) in [6.07, 6.45) is 1.72. The van der Waals surface area contributed by atoms with Crippen molar-refractivity contribution >= 4 is 65.9 Å². The molecule has 12 rings (SSSR count). The van der Waals surface area contributed by atoms with Crippen LogP contribution in [0.1, 0.15) is 96.5 Å². The maximum atomic E-state index is 8.59. The molecule has 0 bridgehead atoms. The normalized spacial score (nSPS) is 13.6. The Morgan fingerprint density at radius 1 is 0.657 bits per heavy atom. The number of pyridine rings is 1. The second-order valence-corrected chi connectivity index (χ2v) is 19.3. The van der Waals surface area contributed by atoms with Gasteiger partial charge in [-0.1, -0.05) is 147 Å². The van der Waals surface area contributed by atoms with Crippen LogP contribution >= 0.6 is 0 Å². The van der Waals surface area contributed by atoms with E-state index in [0.717, 1.165) is 55.1 Å². The van der Waals surface area contributed by atoms with Crippen molar-refractivity contribution in [3.63, 3.8) is 0 Å². The van der Waals surface area contributed by atoms with Gasteiger partial charge in [0.2, 0.25) is 5.71 Å². The minimum Gasteiger partial charge on any atom is -0.499 e. The predicted octanol–water partition coefficient (Wildman–Crippen LogP) is 16.6. The largest absolute Gasteiger partial charge is 0.499 e. The molecule has 8 heteroatoms. The van der Waals surface area contributed by atoms with Gasteiger partial charge in [-0.3, -0.25) is 15.0 Å². The van der Waals surface area contributed by atoms with Gasteiger partial charge >= 0.3 is 0 Å². The van der Waals surface area contributed by atoms with Gasteiger partial charge in [0.15, 0.2) is 0 Å². The average molecular weight is 1100 g/mol. The summed E-state index contributed by atoms with van der Waals surface area (Å²) in [5, 5.41) is 4.26. The summed E-state index contributed by atoms with van der Waals surface area (Å²) < 4.78 is 63.0. The molecule has 5 aromatic heterocycles. The zero-order valence-electron chi connectivity index (χ0n) is 45.9. The number of fused-ring (bicyclic) bond motifs is 9. The number of rotatable bonds is 6. The SMILES string of the molecule is [2H]C([2H])([2H])c1c[c-]c(-c2nc3ccc4ccccc4c3n2-c2c(C(C)C)cc(-c3ccccc3)cc2C(C)C)c2oc3cc4c(nc3c12)oc1ccccc14.[2H]C([2H])([2H])c1c[c-]c(-c2nccc(C(C)(C)C)n2)cc1.[Ir]. The van der Waals surface area contributed by atoms with Crippen molar-refractivity contribution in [2.45, 2.75) is 79.4 Å². The fraction of sp³-hybridized carbons (Fsp3) is 0.194. The Balaban J connectivity index is 0.000000264. The third-order valence-corrected chi connectivity index (χ3v) is 12.9. The van der Waals surface area contributed by atoms with Crippen molar-refractivity contribution in [2.24, 2.45) is 0 Å². The maximum Gasteiger partial charge on any atom is 0.228 e. The van der Waals surface area contributed by atoms with E-state index in [-0.39, 0.29) is 48.5 Å². The van der Waals surface area contributed by atoms with E-state index in [4.69, 9.17) is 27.0 Å². The van der Waals surface area contributed by atoms with E-state index < -0.39 is 13.7 Å². The molecule has 349 valence electrons. The molecular formula is C62H53IrN5O2-2. The third kappa shape index (κ3) is 8.19. The molecular weight excluding hydrogens is 1040 g/mol. The molecule has 0 saturated carbocycles. The van der Waals surface area contributed by atoms with E-state index in [1.165, 1.54) is 17.2 Å². The Labute approximate surface area is 430 Å². The van der Waals surface area contributed by atoms with Gasteiger partial charge in [-0.05, 0) is 81.3 Å². The maximum absolute atomic E-state index is 8.59. The van der Waals surface area contributed by atoms with Crippen LogP contribution in [0, 0.1) is 25.8 Å². The molecule has 0 N–H and O–H groups in total. The topological polar surface area (TPSA) is 82.8 Å². The van der Waals surface area contributed by atoms with Gasteiger partial charge in [0, 0.05) is 62.1 Å². The first-order valence-corrected chi connectivity index (χ1v) is 23.3. The van der Waals surface area contributed by atoms with Crippen molar-refractivity contribution in [3.05, 3.63) is 186 Å². The Kier molecular flexibility index (Phi) is 10.3. The predicted molar refractivity (Wildman–Crippen MR) is 283 cm³/mol. The molecule has 0 fully saturated rings. The third-order valence-electron chi connectivity index (χ3n) is 12.9. The van der Waals surface area contributed by atoms with E-state index >= 15 is 0 Å². The van der Waals surface area contributed by atoms with Crippen LogP contribution in [0.25, 0.3) is 106 Å². The summed E-state index contributed by atoms with van der Waals surface area (Å²) in [5.74, 6) is 1.48. The molecule has 7 nitrogen and oxygen atoms in total. The zero-order chi connectivity index (χ0) is 52.7. The summed E-state index contributed by atoms with van der Waals surface area (Å²) in [6, 6.07) is 51.9. The number of nitrogens with zero attached hydrogens (tertiary/aromatic N) is 5. The number of furan rings is 2. The van der Waals surface area contributed by atoms with Crippen LogP contribution in [-0.2, 0) is 25.5 Å². The second-order valence-electron chi connectivity index (χ2n) is 19.3. The Hall–Kier alpha value is -7.25. The van der Waals surface area contributed by atoms with E-state index in [2.05, 4.69) is 148 Å². The first kappa shape index (κ1) is 39.6. The van der Waals surface area contributed by atoms with Gasteiger partial charge < -0.3 is 13.4 Å². The number of hydrogen-bond acceptors (Lipinski definition) is 6. The molecule has 1 radical (unpaired) electrons. The molecule has 0 aliphatic rings. The van der Waals surface area contributed by atoms with Gasteiger partial charge in [-0.15, -0.1) is 53.1 Å². The van der Waals surface area contributed by atoms with Crippen molar-refractivity contribution < 1.29 is 37.2 Å². The molecule has 0 amide bonds. The molecule has 5 heterocycles. The van der Waals surface area contributed by atoms with Crippen LogP contribution in [0.2, 0.25) is 0 Å². The van der Waals surface area contributed by atoms with E-state index in [1.54, 1.807) is 24.4 Å². The number of benzene rings is 7. The molecule has 70 heavy (non-hydrogen) atoms. The van der Waals surface area contributed by atoms with Crippen molar-refractivity contribution in [3.8, 4) is 39.6 Å². The number of hydrogen-bond donors (Lipinski definition) is 0. The van der Waals surface area contributed by atoms with E-state index in [9.17, 15) is 0 Å². The summed E-state index contributed by atoms with van der Waals surface area (Å²) >= 11 is 0. The molecule has 0 aliphatic carbocycles. The van der Waals surface area contributed by atoms with Crippen molar-refractivity contribution in [1.82, 2.24) is 24.5 Å². The Bertz CT molecular complexity index is 4120. The molecule has 0 atom stereocenters. The van der Waals surface area contributed by atoms with E-state index in [1.807, 2.05) is 42.5 Å². The molecule has 0 spiro atoms. The van der Waals surface area contributed by atoms with Gasteiger partial charge in [0.25, 0.3) is 0 Å². The summed E-state index contributed by atoms with van der Waals surface area (Å²) in [7, 11) is 0. The molecule has 0 saturated heterocycles. The number of imidazole rings is 1. The summed E-state index contributed by atoms with van der Waals surface area (Å²) in [5.41, 5.74) is 12.4. The summed E-state index contributed by atoms with van der Waals surface area (Å²) in [6.45, 7) is 10.6. The zero-order valence-corrected chi connectivity index (χ0v) is 42.3. The number of aromatic nitrogens is 5. The quantitative estimate of drug-likeness (QED) is 0.154. The van der Waals surface area contributed by atoms with Crippen molar-refractivity contribution in [2.75, 3.05) is 0 Å². The van der Waals surface area contributed by atoms with Crippen LogP contribution in [0.15, 0.2) is 155 Å². The minimum atomic E-state index is -2.46. The van der Waals surface area contributed by atoms with Gasteiger partial charge in [0.1, 0.15) is 16.7 Å². The standard InChI is InChI=1S/C47H36N3O2.C15H17N2.Ir/c1-26(2)35-23-31(29-13-7-6-8-14-29)24-36(27(3)4)43(35)50-44-32-16-10-9-15-30(32)20-22-38(44)48-46(50)34-21-19-28(5)41-42-40(51-45(34)41)25-37-33-17-11-12-18-39(33)52-47(37)49-42;1-11-5-7-12(8-6-11)14-16-10-9-13(17-14)15(2,3)4;/h6-20,22-27H,1-5H3;5-7,9-10H,1-4H3;/q2*-1;/i5D3;1D3;. The smallest absolute Gasteiger partial charge is 0.228 e. The monoisotopic (exact) mass is 1100 g/mol. The van der Waals surface area contributed by atoms with Crippen LogP contribution in [-0.4, -0.2) is 24.5 Å². The van der Waals surface area contributed by atoms with Crippen LogP contribution in [0.3, 0.4) is 0 Å². The van der Waals surface area contributed by atoms with Gasteiger partial charge in [-0.2, -0.15) is 0 Å². The number of aryl methyl sites for hydroxylation is 2. The van der Waals surface area contributed by atoms with Crippen LogP contribution < -0.4 is 0 Å². The van der Waals surface area contributed by atoms with Crippen LogP contribution in [0.5, 0.6) is 0 Å². The fourth-order valence-electron chi connectivity index (χ4n) is 9.34. The minimum absolute atomic E-state index is 0. The molecule has 7 aromatic carbocycles. The Morgan fingerprint density at radius 3 is 2.11 bits per heavy atom. The molecule has 0 aliphatic heterocycles. The van der Waals surface area contributed by atoms with Crippen LogP contribution in [0.4, 0.5) is 0 Å². The second kappa shape index (κ2) is 18.2.